The summed E-state index contributed by atoms with van der Waals surface area (Å²) in [7, 11) is 0. The molecule has 1 saturated heterocycles. The monoisotopic (exact) mass is 367 g/mol. The molecule has 1 aliphatic heterocycles. The SMILES string of the molecule is OCCC1CN(Cc2ccc3ccccc3n2)CCN1Cc1ccsc1. The highest BCUT2D eigenvalue weighted by Crippen LogP contribution is 2.20. The lowest BCUT2D eigenvalue weighted by molar-refractivity contribution is 0.0495. The van der Waals surface area contributed by atoms with Crippen LogP contribution in [0.4, 0.5) is 0 Å². The molecule has 5 heteroatoms. The summed E-state index contributed by atoms with van der Waals surface area (Å²) < 4.78 is 0. The van der Waals surface area contributed by atoms with Gasteiger partial charge in [-0.15, -0.1) is 0 Å². The van der Waals surface area contributed by atoms with E-state index in [0.717, 1.165) is 50.4 Å². The van der Waals surface area contributed by atoms with E-state index in [1.807, 2.05) is 6.07 Å². The Labute approximate surface area is 158 Å². The number of benzene rings is 1. The van der Waals surface area contributed by atoms with Crippen LogP contribution in [0.3, 0.4) is 0 Å². The zero-order valence-electron chi connectivity index (χ0n) is 14.9. The normalized spacial score (nSPS) is 19.2. The van der Waals surface area contributed by atoms with E-state index in [4.69, 9.17) is 4.98 Å². The number of aliphatic hydroxyl groups is 1. The Balaban J connectivity index is 1.42. The lowest BCUT2D eigenvalue weighted by Crippen LogP contribution is -2.52. The second-order valence-corrected chi connectivity index (χ2v) is 7.78. The molecule has 2 aromatic heterocycles. The molecule has 0 bridgehead atoms. The largest absolute Gasteiger partial charge is 0.396 e. The predicted octanol–water partition coefficient (Wildman–Crippen LogP) is 3.37. The van der Waals surface area contributed by atoms with Crippen LogP contribution >= 0.6 is 11.3 Å². The maximum Gasteiger partial charge on any atom is 0.0705 e. The lowest BCUT2D eigenvalue weighted by atomic mass is 10.1. The molecule has 0 aliphatic carbocycles. The molecule has 1 fully saturated rings. The smallest absolute Gasteiger partial charge is 0.0705 e. The molecular weight excluding hydrogens is 342 g/mol. The van der Waals surface area contributed by atoms with Crippen molar-refractivity contribution in [3.8, 4) is 0 Å². The van der Waals surface area contributed by atoms with Crippen LogP contribution in [-0.4, -0.2) is 52.2 Å². The van der Waals surface area contributed by atoms with Gasteiger partial charge in [-0.2, -0.15) is 11.3 Å². The first-order chi connectivity index (χ1) is 12.8. The first-order valence-electron chi connectivity index (χ1n) is 9.25. The predicted molar refractivity (Wildman–Crippen MR) is 107 cm³/mol. The van der Waals surface area contributed by atoms with Crippen molar-refractivity contribution in [1.29, 1.82) is 0 Å². The Bertz CT molecular complexity index is 836. The van der Waals surface area contributed by atoms with Crippen molar-refractivity contribution in [2.24, 2.45) is 0 Å². The molecule has 0 saturated carbocycles. The Morgan fingerprint density at radius 1 is 1.08 bits per heavy atom. The van der Waals surface area contributed by atoms with Gasteiger partial charge < -0.3 is 5.11 Å². The molecule has 1 aliphatic rings. The van der Waals surface area contributed by atoms with Crippen LogP contribution < -0.4 is 0 Å². The Morgan fingerprint density at radius 3 is 2.85 bits per heavy atom. The zero-order chi connectivity index (χ0) is 17.8. The van der Waals surface area contributed by atoms with Crippen LogP contribution in [0.5, 0.6) is 0 Å². The van der Waals surface area contributed by atoms with E-state index >= 15 is 0 Å². The number of pyridine rings is 1. The number of aliphatic hydroxyl groups excluding tert-OH is 1. The second-order valence-electron chi connectivity index (χ2n) is 7.00. The van der Waals surface area contributed by atoms with Gasteiger partial charge in [-0.3, -0.25) is 14.8 Å². The molecule has 4 rings (SSSR count). The Hall–Kier alpha value is -1.79. The highest BCUT2D eigenvalue weighted by atomic mass is 32.1. The van der Waals surface area contributed by atoms with Gasteiger partial charge in [0.1, 0.15) is 0 Å². The first-order valence-corrected chi connectivity index (χ1v) is 10.2. The van der Waals surface area contributed by atoms with Crippen LogP contribution in [0.2, 0.25) is 0 Å². The van der Waals surface area contributed by atoms with Gasteiger partial charge in [-0.05, 0) is 40.9 Å². The van der Waals surface area contributed by atoms with Crippen LogP contribution in [-0.2, 0) is 13.1 Å². The van der Waals surface area contributed by atoms with Gasteiger partial charge in [0.05, 0.1) is 11.2 Å². The summed E-state index contributed by atoms with van der Waals surface area (Å²) in [6.07, 6.45) is 0.825. The fraction of sp³-hybridized carbons (Fsp3) is 0.381. The molecule has 26 heavy (non-hydrogen) atoms. The van der Waals surface area contributed by atoms with Crippen LogP contribution in [0.1, 0.15) is 17.7 Å². The Kier molecular flexibility index (Phi) is 5.60. The van der Waals surface area contributed by atoms with Crippen molar-refractivity contribution in [3.05, 3.63) is 64.5 Å². The number of piperazine rings is 1. The summed E-state index contributed by atoms with van der Waals surface area (Å²) in [4.78, 5) is 9.81. The first kappa shape index (κ1) is 17.6. The van der Waals surface area contributed by atoms with Crippen molar-refractivity contribution in [2.75, 3.05) is 26.2 Å². The molecule has 1 N–H and O–H groups in total. The van der Waals surface area contributed by atoms with E-state index in [1.54, 1.807) is 11.3 Å². The van der Waals surface area contributed by atoms with Gasteiger partial charge in [-0.1, -0.05) is 24.3 Å². The summed E-state index contributed by atoms with van der Waals surface area (Å²) in [6, 6.07) is 15.2. The quantitative estimate of drug-likeness (QED) is 0.725. The van der Waals surface area contributed by atoms with Gasteiger partial charge in [0, 0.05) is 50.8 Å². The average molecular weight is 368 g/mol. The molecule has 0 spiro atoms. The van der Waals surface area contributed by atoms with Crippen molar-refractivity contribution >= 4 is 22.2 Å². The molecule has 3 aromatic rings. The minimum atomic E-state index is 0.243. The summed E-state index contributed by atoms with van der Waals surface area (Å²) in [5.41, 5.74) is 3.56. The number of thiophene rings is 1. The van der Waals surface area contributed by atoms with Crippen LogP contribution in [0.15, 0.2) is 53.2 Å². The number of nitrogens with zero attached hydrogens (tertiary/aromatic N) is 3. The zero-order valence-corrected chi connectivity index (χ0v) is 15.7. The summed E-state index contributed by atoms with van der Waals surface area (Å²) in [5, 5.41) is 15.1. The molecule has 3 heterocycles. The highest BCUT2D eigenvalue weighted by molar-refractivity contribution is 7.07. The lowest BCUT2D eigenvalue weighted by Gasteiger charge is -2.41. The van der Waals surface area contributed by atoms with Gasteiger partial charge >= 0.3 is 0 Å². The summed E-state index contributed by atoms with van der Waals surface area (Å²) in [5.74, 6) is 0. The fourth-order valence-corrected chi connectivity index (χ4v) is 4.43. The number of fused-ring (bicyclic) bond motifs is 1. The number of hydrogen-bond donors (Lipinski definition) is 1. The summed E-state index contributed by atoms with van der Waals surface area (Å²) in [6.45, 7) is 5.16. The number of para-hydroxylation sites is 1. The minimum absolute atomic E-state index is 0.243. The number of rotatable bonds is 6. The third-order valence-corrected chi connectivity index (χ3v) is 5.89. The van der Waals surface area contributed by atoms with Crippen molar-refractivity contribution < 1.29 is 5.11 Å². The van der Waals surface area contributed by atoms with E-state index < -0.39 is 0 Å². The fourth-order valence-electron chi connectivity index (χ4n) is 3.77. The molecule has 4 nitrogen and oxygen atoms in total. The third-order valence-electron chi connectivity index (χ3n) is 5.16. The van der Waals surface area contributed by atoms with Crippen molar-refractivity contribution in [2.45, 2.75) is 25.6 Å². The highest BCUT2D eigenvalue weighted by Gasteiger charge is 2.26. The van der Waals surface area contributed by atoms with E-state index in [-0.39, 0.29) is 6.61 Å². The molecule has 136 valence electrons. The molecule has 1 unspecified atom stereocenters. The second kappa shape index (κ2) is 8.27. The molecule has 1 atom stereocenters. The van der Waals surface area contributed by atoms with Gasteiger partial charge in [-0.25, -0.2) is 0 Å². The molecule has 0 radical (unpaired) electrons. The summed E-state index contributed by atoms with van der Waals surface area (Å²) >= 11 is 1.75. The molecule has 0 amide bonds. The van der Waals surface area contributed by atoms with Gasteiger partial charge in [0.25, 0.3) is 0 Å². The van der Waals surface area contributed by atoms with Crippen molar-refractivity contribution in [3.63, 3.8) is 0 Å². The maximum absolute atomic E-state index is 9.50. The third kappa shape index (κ3) is 4.13. The van der Waals surface area contributed by atoms with Crippen LogP contribution in [0, 0.1) is 0 Å². The molecule has 1 aromatic carbocycles. The molecular formula is C21H25N3OS. The van der Waals surface area contributed by atoms with Gasteiger partial charge in [0.2, 0.25) is 0 Å². The maximum atomic E-state index is 9.50. The van der Waals surface area contributed by atoms with E-state index in [1.165, 1.54) is 10.9 Å². The van der Waals surface area contributed by atoms with E-state index in [2.05, 4.69) is 57.0 Å². The van der Waals surface area contributed by atoms with E-state index in [9.17, 15) is 5.11 Å². The van der Waals surface area contributed by atoms with E-state index in [0.29, 0.717) is 6.04 Å². The average Bonchev–Trinajstić information content (AvgIpc) is 3.17. The standard InChI is InChI=1S/C21H25N3OS/c25-11-7-20-15-23(9-10-24(20)13-17-8-12-26-16-17)14-19-6-5-18-3-1-2-4-21(18)22-19/h1-6,8,12,16,20,25H,7,9-11,13-15H2. The Morgan fingerprint density at radius 2 is 2.00 bits per heavy atom. The van der Waals surface area contributed by atoms with Crippen molar-refractivity contribution in [1.82, 2.24) is 14.8 Å². The van der Waals surface area contributed by atoms with Gasteiger partial charge in [0.15, 0.2) is 0 Å². The number of hydrogen-bond acceptors (Lipinski definition) is 5. The number of aromatic nitrogens is 1. The minimum Gasteiger partial charge on any atom is -0.396 e. The topological polar surface area (TPSA) is 39.6 Å². The van der Waals surface area contributed by atoms with Crippen LogP contribution in [0.25, 0.3) is 10.9 Å².